The normalized spacial score (nSPS) is 19.3. The molecule has 0 saturated carbocycles. The van der Waals surface area contributed by atoms with Crippen LogP contribution in [0.5, 0.6) is 0 Å². The number of alkyl halides is 6. The van der Waals surface area contributed by atoms with E-state index in [4.69, 9.17) is 11.6 Å². The summed E-state index contributed by atoms with van der Waals surface area (Å²) in [4.78, 5) is 0.856. The van der Waals surface area contributed by atoms with Crippen molar-refractivity contribution in [2.45, 2.75) is 36.2 Å². The summed E-state index contributed by atoms with van der Waals surface area (Å²) in [6.45, 7) is 1.18. The second-order valence-electron chi connectivity index (χ2n) is 10.1. The summed E-state index contributed by atoms with van der Waals surface area (Å²) in [6, 6.07) is 12.3. The molecule has 0 aliphatic heterocycles. The molecule has 16 heteroatoms. The van der Waals surface area contributed by atoms with E-state index in [0.717, 1.165) is 28.8 Å². The Hall–Kier alpha value is -3.95. The van der Waals surface area contributed by atoms with E-state index in [-0.39, 0.29) is 10.8 Å². The summed E-state index contributed by atoms with van der Waals surface area (Å²) in [5, 5.41) is 18.9. The molecule has 4 aromatic rings. The number of rotatable bonds is 6. The van der Waals surface area contributed by atoms with Gasteiger partial charge in [-0.1, -0.05) is 65.4 Å². The van der Waals surface area contributed by atoms with Gasteiger partial charge in [0.05, 0.1) is 11.9 Å². The molecule has 0 bridgehead atoms. The van der Waals surface area contributed by atoms with E-state index in [1.54, 1.807) is 30.3 Å². The summed E-state index contributed by atoms with van der Waals surface area (Å²) in [7, 11) is -4.69. The average molecular weight is 658 g/mol. The smallest absolute Gasteiger partial charge is 0.371 e. The Balaban J connectivity index is 1.88. The van der Waals surface area contributed by atoms with Crippen LogP contribution in [0.25, 0.3) is 11.3 Å². The molecule has 5 rings (SSSR count). The highest BCUT2D eigenvalue weighted by Crippen LogP contribution is 2.51. The van der Waals surface area contributed by atoms with Crippen molar-refractivity contribution in [3.8, 4) is 0 Å². The highest BCUT2D eigenvalue weighted by atomic mass is 35.5. The number of imidazole rings is 1. The van der Waals surface area contributed by atoms with E-state index in [0.29, 0.717) is 34.5 Å². The zero-order valence-electron chi connectivity index (χ0n) is 22.8. The zero-order chi connectivity index (χ0) is 32.3. The molecule has 2 unspecified atom stereocenters. The maximum Gasteiger partial charge on any atom is 0.434 e. The summed E-state index contributed by atoms with van der Waals surface area (Å²) in [5.74, 6) is -0.307. The number of hydrogen-bond donors (Lipinski definition) is 1. The van der Waals surface area contributed by atoms with Crippen LogP contribution in [0.4, 0.5) is 26.3 Å². The van der Waals surface area contributed by atoms with Crippen LogP contribution in [0.3, 0.4) is 0 Å². The van der Waals surface area contributed by atoms with Gasteiger partial charge in [0, 0.05) is 23.9 Å². The number of aromatic nitrogens is 5. The highest BCUT2D eigenvalue weighted by Gasteiger charge is 2.62. The lowest BCUT2D eigenvalue weighted by Crippen LogP contribution is -2.52. The Labute approximate surface area is 251 Å². The molecule has 0 spiro atoms. The van der Waals surface area contributed by atoms with Gasteiger partial charge in [0.2, 0.25) is 10.5 Å². The lowest BCUT2D eigenvalue weighted by atomic mass is 9.87. The molecule has 0 saturated heterocycles. The van der Waals surface area contributed by atoms with Crippen molar-refractivity contribution >= 4 is 32.7 Å². The fraction of sp³-hybridized carbons (Fsp3) is 0.250. The molecule has 0 amide bonds. The van der Waals surface area contributed by atoms with Crippen molar-refractivity contribution in [1.29, 1.82) is 0 Å². The van der Waals surface area contributed by atoms with Gasteiger partial charge < -0.3 is 9.67 Å². The second-order valence-corrected chi connectivity index (χ2v) is 12.8. The van der Waals surface area contributed by atoms with E-state index >= 15 is 0 Å². The molecular weight excluding hydrogens is 636 g/mol. The van der Waals surface area contributed by atoms with Gasteiger partial charge in [-0.05, 0) is 41.8 Å². The molecule has 44 heavy (non-hydrogen) atoms. The van der Waals surface area contributed by atoms with Gasteiger partial charge in [-0.25, -0.2) is 18.1 Å². The van der Waals surface area contributed by atoms with Gasteiger partial charge in [-0.3, -0.25) is 0 Å². The van der Waals surface area contributed by atoms with E-state index in [9.17, 15) is 39.9 Å². The minimum atomic E-state index is -5.47. The Kier molecular flexibility index (Phi) is 7.58. The first kappa shape index (κ1) is 31.5. The van der Waals surface area contributed by atoms with Crippen LogP contribution in [0, 0.1) is 6.92 Å². The van der Waals surface area contributed by atoms with Crippen LogP contribution in [0.1, 0.15) is 34.8 Å². The summed E-state index contributed by atoms with van der Waals surface area (Å²) >= 11 is 5.87. The van der Waals surface area contributed by atoms with Gasteiger partial charge in [-0.15, -0.1) is 5.10 Å². The van der Waals surface area contributed by atoms with Crippen LogP contribution in [0.2, 0.25) is 5.02 Å². The van der Waals surface area contributed by atoms with E-state index in [1.165, 1.54) is 19.1 Å². The molecule has 1 N–H and O–H groups in total. The van der Waals surface area contributed by atoms with Crippen LogP contribution in [-0.4, -0.2) is 50.5 Å². The number of allylic oxidation sites excluding steroid dienone is 3. The molecule has 0 radical (unpaired) electrons. The first-order valence-corrected chi connectivity index (χ1v) is 14.9. The van der Waals surface area contributed by atoms with Gasteiger partial charge in [0.1, 0.15) is 11.5 Å². The number of halogens is 7. The van der Waals surface area contributed by atoms with Gasteiger partial charge in [-0.2, -0.15) is 26.3 Å². The zero-order valence-corrected chi connectivity index (χ0v) is 24.3. The molecule has 2 aromatic heterocycles. The standard InChI is InChI=1S/C28H22ClF6N5O3S/c1-17-37-22(27(30,31)32)16-39(17)23-13-8-19(18-6-4-3-5-7-18)14-25(23,44(2,42)43)40-24(15-36-38-40)26(41,28(33,34)35)20-9-11-21(29)12-10-20/h3-13,15-16,41H,14H2,1-2H3. The van der Waals surface area contributed by atoms with Crippen molar-refractivity contribution in [1.82, 2.24) is 24.5 Å². The maximum absolute atomic E-state index is 14.9. The number of sulfone groups is 1. The molecule has 1 aliphatic rings. The SMILES string of the molecule is Cc1nc(C(F)(F)F)cn1C1=CC=C(c2ccccc2)CC1(n1nncc1C(O)(c1ccc(Cl)cc1)C(F)(F)F)S(C)(=O)=O. The van der Waals surface area contributed by atoms with Crippen molar-refractivity contribution in [3.05, 3.63) is 113 Å². The van der Waals surface area contributed by atoms with E-state index in [1.807, 2.05) is 0 Å². The van der Waals surface area contributed by atoms with Crippen LogP contribution < -0.4 is 0 Å². The summed E-state index contributed by atoms with van der Waals surface area (Å²) in [6.07, 6.45) is -6.53. The summed E-state index contributed by atoms with van der Waals surface area (Å²) in [5.41, 5.74) is -6.72. The topological polar surface area (TPSA) is 103 Å². The van der Waals surface area contributed by atoms with Crippen LogP contribution in [0.15, 0.2) is 79.1 Å². The fourth-order valence-electron chi connectivity index (χ4n) is 5.25. The van der Waals surface area contributed by atoms with E-state index < -0.39 is 61.7 Å². The molecule has 2 atom stereocenters. The third-order valence-corrected chi connectivity index (χ3v) is 9.40. The third-order valence-electron chi connectivity index (χ3n) is 7.40. The van der Waals surface area contributed by atoms with Crippen molar-refractivity contribution in [2.75, 3.05) is 6.26 Å². The largest absolute Gasteiger partial charge is 0.434 e. The minimum absolute atomic E-state index is 0.0590. The van der Waals surface area contributed by atoms with Crippen molar-refractivity contribution in [2.24, 2.45) is 0 Å². The number of nitrogens with zero attached hydrogens (tertiary/aromatic N) is 5. The van der Waals surface area contributed by atoms with Gasteiger partial charge >= 0.3 is 12.4 Å². The number of aryl methyl sites for hydroxylation is 1. The fourth-order valence-corrected chi connectivity index (χ4v) is 6.79. The Morgan fingerprint density at radius 3 is 2.16 bits per heavy atom. The lowest BCUT2D eigenvalue weighted by molar-refractivity contribution is -0.251. The number of aliphatic hydroxyl groups is 1. The molecule has 2 aromatic carbocycles. The van der Waals surface area contributed by atoms with Gasteiger partial charge in [0.25, 0.3) is 0 Å². The van der Waals surface area contributed by atoms with Crippen molar-refractivity contribution in [3.63, 3.8) is 0 Å². The first-order valence-electron chi connectivity index (χ1n) is 12.7. The quantitative estimate of drug-likeness (QED) is 0.256. The predicted molar refractivity (Wildman–Crippen MR) is 149 cm³/mol. The van der Waals surface area contributed by atoms with Crippen LogP contribution >= 0.6 is 11.6 Å². The number of benzene rings is 2. The average Bonchev–Trinajstić information content (AvgIpc) is 3.59. The Bertz CT molecular complexity index is 1880. The van der Waals surface area contributed by atoms with Crippen LogP contribution in [-0.2, 0) is 26.5 Å². The highest BCUT2D eigenvalue weighted by molar-refractivity contribution is 7.91. The molecule has 8 nitrogen and oxygen atoms in total. The second kappa shape index (κ2) is 10.6. The Morgan fingerprint density at radius 2 is 1.61 bits per heavy atom. The predicted octanol–water partition coefficient (Wildman–Crippen LogP) is 5.98. The van der Waals surface area contributed by atoms with Gasteiger partial charge in [0.15, 0.2) is 15.5 Å². The van der Waals surface area contributed by atoms with Crippen molar-refractivity contribution < 1.29 is 39.9 Å². The Morgan fingerprint density at radius 1 is 0.977 bits per heavy atom. The molecule has 232 valence electrons. The lowest BCUT2D eigenvalue weighted by Gasteiger charge is -2.41. The van der Waals surface area contributed by atoms with E-state index in [2.05, 4.69) is 15.3 Å². The number of hydrogen-bond acceptors (Lipinski definition) is 6. The third kappa shape index (κ3) is 5.02. The first-order chi connectivity index (χ1) is 20.4. The monoisotopic (exact) mass is 657 g/mol. The molecule has 0 fully saturated rings. The molecular formula is C28H22ClF6N5O3S. The molecule has 1 aliphatic carbocycles. The molecule has 2 heterocycles. The minimum Gasteiger partial charge on any atom is -0.371 e. The summed E-state index contributed by atoms with van der Waals surface area (Å²) < 4.78 is 115. The maximum atomic E-state index is 14.9.